The lowest BCUT2D eigenvalue weighted by atomic mass is 10.3. The average Bonchev–Trinajstić information content (AvgIpc) is 2.87. The molecule has 6 nitrogen and oxygen atoms in total. The van der Waals surface area contributed by atoms with E-state index in [9.17, 15) is 0 Å². The zero-order valence-corrected chi connectivity index (χ0v) is 15.0. The average molecular weight is 385 g/mol. The number of rotatable bonds is 3. The molecular weight excluding hydrogens is 373 g/mol. The van der Waals surface area contributed by atoms with E-state index in [0.29, 0.717) is 27.4 Å². The normalized spacial score (nSPS) is 10.9. The molecule has 0 bridgehead atoms. The summed E-state index contributed by atoms with van der Waals surface area (Å²) in [4.78, 5) is 8.15. The van der Waals surface area contributed by atoms with Crippen LogP contribution in [0.15, 0.2) is 24.3 Å². The highest BCUT2D eigenvalue weighted by Crippen LogP contribution is 2.32. The topological polar surface area (TPSA) is 78.9 Å². The molecule has 2 heterocycles. The van der Waals surface area contributed by atoms with Crippen molar-refractivity contribution < 1.29 is 4.74 Å². The Balaban J connectivity index is 2.06. The first-order valence-corrected chi connectivity index (χ1v) is 7.98. The monoisotopic (exact) mass is 383 g/mol. The van der Waals surface area contributed by atoms with Gasteiger partial charge in [-0.2, -0.15) is 10.1 Å². The van der Waals surface area contributed by atoms with Gasteiger partial charge in [-0.25, -0.2) is 9.67 Å². The lowest BCUT2D eigenvalue weighted by Crippen LogP contribution is -2.04. The second kappa shape index (κ2) is 6.47. The molecule has 0 radical (unpaired) electrons. The van der Waals surface area contributed by atoms with Gasteiger partial charge in [-0.1, -0.05) is 34.8 Å². The van der Waals surface area contributed by atoms with Crippen LogP contribution in [0.5, 0.6) is 11.8 Å². The van der Waals surface area contributed by atoms with Gasteiger partial charge in [0.2, 0.25) is 11.8 Å². The molecule has 0 unspecified atom stereocenters. The zero-order chi connectivity index (χ0) is 17.4. The summed E-state index contributed by atoms with van der Waals surface area (Å²) < 4.78 is 7.38. The highest BCUT2D eigenvalue weighted by Gasteiger charge is 2.16. The van der Waals surface area contributed by atoms with Crippen LogP contribution in [0.4, 0.5) is 5.69 Å². The zero-order valence-electron chi connectivity index (χ0n) is 12.7. The van der Waals surface area contributed by atoms with E-state index < -0.39 is 0 Å². The first-order chi connectivity index (χ1) is 11.3. The minimum absolute atomic E-state index is 0.134. The summed E-state index contributed by atoms with van der Waals surface area (Å²) in [7, 11) is 0. The first kappa shape index (κ1) is 16.8. The van der Waals surface area contributed by atoms with Crippen LogP contribution in [0.2, 0.25) is 15.2 Å². The van der Waals surface area contributed by atoms with Crippen LogP contribution >= 0.6 is 34.8 Å². The summed E-state index contributed by atoms with van der Waals surface area (Å²) in [5, 5.41) is 5.39. The summed E-state index contributed by atoms with van der Waals surface area (Å²) in [6, 6.07) is 6.88. The molecule has 0 saturated heterocycles. The van der Waals surface area contributed by atoms with Gasteiger partial charge in [-0.15, -0.1) is 0 Å². The Hall–Kier alpha value is -2.02. The fraction of sp³-hybridized carbons (Fsp3) is 0.133. The second-order valence-electron chi connectivity index (χ2n) is 5.02. The molecule has 3 rings (SSSR count). The van der Waals surface area contributed by atoms with Crippen molar-refractivity contribution in [3.8, 4) is 17.4 Å². The number of aromatic nitrogens is 4. The smallest absolute Gasteiger partial charge is 0.249 e. The summed E-state index contributed by atoms with van der Waals surface area (Å²) in [5.74, 6) is 1.02. The maximum atomic E-state index is 6.08. The molecule has 0 aliphatic heterocycles. The number of nitrogens with zero attached hydrogens (tertiary/aromatic N) is 4. The minimum Gasteiger partial charge on any atom is -0.418 e. The number of ether oxygens (including phenoxy) is 1. The number of halogens is 3. The van der Waals surface area contributed by atoms with Crippen molar-refractivity contribution >= 4 is 40.5 Å². The van der Waals surface area contributed by atoms with E-state index >= 15 is 0 Å². The standard InChI is InChI=1S/C15H12Cl3N5O/c1-7-5-12(24-15-13(19)14(18)20-8(2)21-15)23(22-7)9-3-4-10(16)11(17)6-9/h3-6H,19H2,1-2H3. The number of anilines is 1. The van der Waals surface area contributed by atoms with E-state index in [0.717, 1.165) is 5.69 Å². The maximum Gasteiger partial charge on any atom is 0.249 e. The lowest BCUT2D eigenvalue weighted by Gasteiger charge is -2.11. The van der Waals surface area contributed by atoms with Crippen LogP contribution in [0.3, 0.4) is 0 Å². The van der Waals surface area contributed by atoms with E-state index in [1.165, 1.54) is 0 Å². The number of benzene rings is 1. The van der Waals surface area contributed by atoms with Gasteiger partial charge in [-0.05, 0) is 32.0 Å². The van der Waals surface area contributed by atoms with Crippen LogP contribution in [0, 0.1) is 13.8 Å². The van der Waals surface area contributed by atoms with Crippen molar-refractivity contribution in [2.45, 2.75) is 13.8 Å². The summed E-state index contributed by atoms with van der Waals surface area (Å²) in [6.07, 6.45) is 0. The predicted molar refractivity (Wildman–Crippen MR) is 94.6 cm³/mol. The first-order valence-electron chi connectivity index (χ1n) is 6.84. The highest BCUT2D eigenvalue weighted by molar-refractivity contribution is 6.42. The van der Waals surface area contributed by atoms with E-state index in [-0.39, 0.29) is 16.7 Å². The van der Waals surface area contributed by atoms with Crippen LogP contribution in [-0.4, -0.2) is 19.7 Å². The Labute approximate surface area is 153 Å². The van der Waals surface area contributed by atoms with Crippen molar-refractivity contribution in [2.24, 2.45) is 0 Å². The van der Waals surface area contributed by atoms with Crippen LogP contribution in [0.25, 0.3) is 5.69 Å². The molecule has 2 aromatic heterocycles. The van der Waals surface area contributed by atoms with E-state index in [1.54, 1.807) is 35.9 Å². The molecule has 0 amide bonds. The van der Waals surface area contributed by atoms with Crippen molar-refractivity contribution in [1.29, 1.82) is 0 Å². The number of nitrogens with two attached hydrogens (primary N) is 1. The molecule has 0 atom stereocenters. The molecule has 0 spiro atoms. The number of nitrogen functional groups attached to an aromatic ring is 1. The van der Waals surface area contributed by atoms with Gasteiger partial charge in [-0.3, -0.25) is 0 Å². The van der Waals surface area contributed by atoms with E-state index in [1.807, 2.05) is 6.92 Å². The Morgan fingerprint density at radius 1 is 1.04 bits per heavy atom. The fourth-order valence-electron chi connectivity index (χ4n) is 2.05. The molecule has 0 fully saturated rings. The number of aryl methyl sites for hydroxylation is 2. The molecule has 0 aliphatic carbocycles. The molecule has 9 heteroatoms. The highest BCUT2D eigenvalue weighted by atomic mass is 35.5. The SMILES string of the molecule is Cc1cc(Oc2nc(C)nc(Cl)c2N)n(-c2ccc(Cl)c(Cl)c2)n1. The van der Waals surface area contributed by atoms with E-state index in [2.05, 4.69) is 15.1 Å². The molecule has 124 valence electrons. The molecule has 24 heavy (non-hydrogen) atoms. The van der Waals surface area contributed by atoms with Crippen molar-refractivity contribution in [2.75, 3.05) is 5.73 Å². The third-order valence-corrected chi connectivity index (χ3v) is 4.15. The fourth-order valence-corrected chi connectivity index (χ4v) is 2.55. The van der Waals surface area contributed by atoms with Gasteiger partial charge in [0.1, 0.15) is 11.5 Å². The Bertz CT molecular complexity index is 926. The predicted octanol–water partition coefficient (Wildman–Crippen LogP) is 4.61. The van der Waals surface area contributed by atoms with Crippen LogP contribution in [0.1, 0.15) is 11.5 Å². The summed E-state index contributed by atoms with van der Waals surface area (Å²) in [6.45, 7) is 3.53. The molecule has 0 saturated carbocycles. The van der Waals surface area contributed by atoms with Gasteiger partial charge >= 0.3 is 0 Å². The van der Waals surface area contributed by atoms with Gasteiger partial charge in [0.15, 0.2) is 5.15 Å². The van der Waals surface area contributed by atoms with Gasteiger partial charge in [0, 0.05) is 6.07 Å². The minimum atomic E-state index is 0.134. The number of hydrogen-bond donors (Lipinski definition) is 1. The third kappa shape index (κ3) is 3.26. The largest absolute Gasteiger partial charge is 0.418 e. The van der Waals surface area contributed by atoms with Crippen molar-refractivity contribution in [3.63, 3.8) is 0 Å². The molecule has 0 aliphatic rings. The Kier molecular flexibility index (Phi) is 4.54. The Morgan fingerprint density at radius 3 is 2.50 bits per heavy atom. The van der Waals surface area contributed by atoms with Crippen molar-refractivity contribution in [1.82, 2.24) is 19.7 Å². The van der Waals surface area contributed by atoms with E-state index in [4.69, 9.17) is 45.3 Å². The number of hydrogen-bond acceptors (Lipinski definition) is 5. The van der Waals surface area contributed by atoms with Gasteiger partial charge in [0.25, 0.3) is 0 Å². The molecule has 3 aromatic rings. The quantitative estimate of drug-likeness (QED) is 0.667. The lowest BCUT2D eigenvalue weighted by molar-refractivity contribution is 0.428. The van der Waals surface area contributed by atoms with Crippen molar-refractivity contribution in [3.05, 3.63) is 51.0 Å². The van der Waals surface area contributed by atoms with Crippen LogP contribution < -0.4 is 10.5 Å². The van der Waals surface area contributed by atoms with Crippen LogP contribution in [-0.2, 0) is 0 Å². The third-order valence-electron chi connectivity index (χ3n) is 3.12. The molecule has 1 aromatic carbocycles. The molecular formula is C15H12Cl3N5O. The maximum absolute atomic E-state index is 6.08. The Morgan fingerprint density at radius 2 is 1.79 bits per heavy atom. The molecule has 2 N–H and O–H groups in total. The van der Waals surface area contributed by atoms with Gasteiger partial charge in [0.05, 0.1) is 21.4 Å². The van der Waals surface area contributed by atoms with Gasteiger partial charge < -0.3 is 10.5 Å². The second-order valence-corrected chi connectivity index (χ2v) is 6.19. The summed E-state index contributed by atoms with van der Waals surface area (Å²) >= 11 is 18.0. The summed E-state index contributed by atoms with van der Waals surface area (Å²) in [5.41, 5.74) is 7.47.